The molecule has 0 spiro atoms. The molecule has 2 aliphatic rings. The normalized spacial score (nSPS) is 21.0. The Morgan fingerprint density at radius 1 is 1.11 bits per heavy atom. The Bertz CT molecular complexity index is 975. The number of carboxylic acid groups (broad SMARTS) is 1. The van der Waals surface area contributed by atoms with E-state index in [1.54, 1.807) is 0 Å². The van der Waals surface area contributed by atoms with Gasteiger partial charge in [-0.2, -0.15) is 0 Å². The van der Waals surface area contributed by atoms with Crippen molar-refractivity contribution < 1.29 is 32.7 Å². The summed E-state index contributed by atoms with van der Waals surface area (Å²) < 4.78 is 40.5. The minimum atomic E-state index is -1.30. The van der Waals surface area contributed by atoms with Crippen LogP contribution in [0.3, 0.4) is 0 Å². The Balaban J connectivity index is 1.52. The number of rotatable bonds is 9. The first-order valence-electron chi connectivity index (χ1n) is 12.0. The number of piperidine rings is 1. The first-order chi connectivity index (χ1) is 17.0. The monoisotopic (exact) mass is 530 g/mol. The van der Waals surface area contributed by atoms with Gasteiger partial charge in [0, 0.05) is 50.0 Å². The fourth-order valence-electron chi connectivity index (χ4n) is 4.82. The Morgan fingerprint density at radius 3 is 2.36 bits per heavy atom. The molecular formula is C24H33F3N4O4S. The van der Waals surface area contributed by atoms with Crippen molar-refractivity contribution in [3.8, 4) is 0 Å². The maximum Gasteiger partial charge on any atom is 0.321 e. The number of nitrogens with one attached hydrogen (secondary N) is 1. The molecule has 36 heavy (non-hydrogen) atoms. The first kappa shape index (κ1) is 28.3. The lowest BCUT2D eigenvalue weighted by Gasteiger charge is -2.38. The number of likely N-dealkylation sites (tertiary alicyclic amines) is 1. The zero-order chi connectivity index (χ0) is 26.6. The van der Waals surface area contributed by atoms with Crippen molar-refractivity contribution in [3.63, 3.8) is 0 Å². The molecule has 2 aliphatic heterocycles. The number of thioether (sulfide) groups is 1. The van der Waals surface area contributed by atoms with Gasteiger partial charge < -0.3 is 21.1 Å². The molecule has 0 aromatic heterocycles. The van der Waals surface area contributed by atoms with Gasteiger partial charge in [0.25, 0.3) is 5.91 Å². The standard InChI is InChI=1S/C24H33F3N4O4S/c1-13(2)21(24(34)35)30-5-3-16(4-6-30)29-22(33)23-31(7-8-36-23)20(32)11-15(28)9-14-10-18(26)19(27)12-17(14)25/h10,12-13,15-16,21,23H,3-9,11,28H2,1-2H3,(H,29,33)(H,34,35)/t15-,21?,23?/m1/s1. The average Bonchev–Trinajstić information content (AvgIpc) is 3.28. The molecule has 2 unspecified atom stereocenters. The van der Waals surface area contributed by atoms with Crippen LogP contribution in [0.25, 0.3) is 0 Å². The molecule has 0 aliphatic carbocycles. The topological polar surface area (TPSA) is 116 Å². The van der Waals surface area contributed by atoms with Crippen molar-refractivity contribution in [2.24, 2.45) is 11.7 Å². The van der Waals surface area contributed by atoms with Crippen LogP contribution in [0, 0.1) is 23.4 Å². The highest BCUT2D eigenvalue weighted by Crippen LogP contribution is 2.26. The van der Waals surface area contributed by atoms with E-state index in [-0.39, 0.29) is 42.2 Å². The van der Waals surface area contributed by atoms with Crippen LogP contribution in [0.2, 0.25) is 0 Å². The molecular weight excluding hydrogens is 497 g/mol. The lowest BCUT2D eigenvalue weighted by Crippen LogP contribution is -2.54. The van der Waals surface area contributed by atoms with E-state index in [1.165, 1.54) is 16.7 Å². The smallest absolute Gasteiger partial charge is 0.321 e. The zero-order valence-corrected chi connectivity index (χ0v) is 21.2. The van der Waals surface area contributed by atoms with Gasteiger partial charge in [-0.05, 0) is 36.8 Å². The summed E-state index contributed by atoms with van der Waals surface area (Å²) >= 11 is 1.34. The third kappa shape index (κ3) is 6.92. The van der Waals surface area contributed by atoms with Gasteiger partial charge in [-0.3, -0.25) is 19.3 Å². The summed E-state index contributed by atoms with van der Waals surface area (Å²) in [5.41, 5.74) is 5.88. The summed E-state index contributed by atoms with van der Waals surface area (Å²) in [7, 11) is 0. The number of amides is 2. The van der Waals surface area contributed by atoms with Crippen LogP contribution in [0.15, 0.2) is 12.1 Å². The molecule has 0 bridgehead atoms. The number of carbonyl (C=O) groups is 3. The summed E-state index contributed by atoms with van der Waals surface area (Å²) in [6, 6.07) is -0.330. The maximum atomic E-state index is 13.9. The predicted molar refractivity (Wildman–Crippen MR) is 130 cm³/mol. The van der Waals surface area contributed by atoms with Gasteiger partial charge in [-0.1, -0.05) is 13.8 Å². The van der Waals surface area contributed by atoms with E-state index in [4.69, 9.17) is 5.73 Å². The molecule has 3 atom stereocenters. The molecule has 2 fully saturated rings. The van der Waals surface area contributed by atoms with E-state index in [0.717, 1.165) is 6.07 Å². The number of nitrogens with zero attached hydrogens (tertiary/aromatic N) is 2. The molecule has 3 rings (SSSR count). The molecule has 0 radical (unpaired) electrons. The molecule has 1 aromatic rings. The highest BCUT2D eigenvalue weighted by atomic mass is 32.2. The fourth-order valence-corrected chi connectivity index (χ4v) is 5.96. The van der Waals surface area contributed by atoms with Crippen molar-refractivity contribution in [1.82, 2.24) is 15.1 Å². The van der Waals surface area contributed by atoms with Gasteiger partial charge in [0.2, 0.25) is 5.91 Å². The van der Waals surface area contributed by atoms with Gasteiger partial charge in [0.1, 0.15) is 11.9 Å². The summed E-state index contributed by atoms with van der Waals surface area (Å²) in [5, 5.41) is 11.8. The zero-order valence-electron chi connectivity index (χ0n) is 20.4. The van der Waals surface area contributed by atoms with Crippen molar-refractivity contribution in [1.29, 1.82) is 0 Å². The van der Waals surface area contributed by atoms with Gasteiger partial charge in [0.15, 0.2) is 17.0 Å². The van der Waals surface area contributed by atoms with E-state index in [2.05, 4.69) is 5.32 Å². The summed E-state index contributed by atoms with van der Waals surface area (Å²) in [5.74, 6) is -4.39. The molecule has 2 amide bonds. The van der Waals surface area contributed by atoms with Gasteiger partial charge in [-0.25, -0.2) is 13.2 Å². The largest absolute Gasteiger partial charge is 0.480 e. The van der Waals surface area contributed by atoms with Gasteiger partial charge in [-0.15, -0.1) is 11.8 Å². The highest BCUT2D eigenvalue weighted by Gasteiger charge is 2.37. The average molecular weight is 531 g/mol. The second kappa shape index (κ2) is 12.3. The summed E-state index contributed by atoms with van der Waals surface area (Å²) in [4.78, 5) is 40.8. The highest BCUT2D eigenvalue weighted by molar-refractivity contribution is 8.00. The van der Waals surface area contributed by atoms with Crippen LogP contribution >= 0.6 is 11.8 Å². The second-order valence-electron chi connectivity index (χ2n) is 9.68. The molecule has 1 aromatic carbocycles. The SMILES string of the molecule is CC(C)C(C(=O)O)N1CCC(NC(=O)C2SCCN2C(=O)C[C@H](N)Cc2cc(F)c(F)cc2F)CC1. The second-order valence-corrected chi connectivity index (χ2v) is 10.9. The first-order valence-corrected chi connectivity index (χ1v) is 13.1. The number of benzene rings is 1. The van der Waals surface area contributed by atoms with E-state index < -0.39 is 40.9 Å². The van der Waals surface area contributed by atoms with E-state index >= 15 is 0 Å². The molecule has 4 N–H and O–H groups in total. The fraction of sp³-hybridized carbons (Fsp3) is 0.625. The van der Waals surface area contributed by atoms with Crippen molar-refractivity contribution in [2.75, 3.05) is 25.4 Å². The number of hydrogen-bond acceptors (Lipinski definition) is 6. The molecule has 200 valence electrons. The Labute approximate surface area is 212 Å². The van der Waals surface area contributed by atoms with E-state index in [1.807, 2.05) is 18.7 Å². The molecule has 12 heteroatoms. The van der Waals surface area contributed by atoms with Crippen LogP contribution < -0.4 is 11.1 Å². The van der Waals surface area contributed by atoms with Crippen molar-refractivity contribution in [3.05, 3.63) is 35.1 Å². The number of carbonyl (C=O) groups excluding carboxylic acids is 2. The molecule has 2 saturated heterocycles. The van der Waals surface area contributed by atoms with E-state index in [0.29, 0.717) is 44.3 Å². The Hall–Kier alpha value is -2.31. The van der Waals surface area contributed by atoms with E-state index in [9.17, 15) is 32.7 Å². The molecule has 2 heterocycles. The maximum absolute atomic E-state index is 13.9. The Morgan fingerprint density at radius 2 is 1.75 bits per heavy atom. The lowest BCUT2D eigenvalue weighted by atomic mass is 9.97. The molecule has 0 saturated carbocycles. The van der Waals surface area contributed by atoms with Crippen LogP contribution in [0.4, 0.5) is 13.2 Å². The summed E-state index contributed by atoms with van der Waals surface area (Å²) in [6.45, 7) is 5.21. The number of halogens is 3. The van der Waals surface area contributed by atoms with Crippen LogP contribution in [0.1, 0.15) is 38.7 Å². The number of aliphatic carboxylic acids is 1. The summed E-state index contributed by atoms with van der Waals surface area (Å²) in [6.07, 6.45) is 0.891. The molecule has 8 nitrogen and oxygen atoms in total. The minimum Gasteiger partial charge on any atom is -0.480 e. The van der Waals surface area contributed by atoms with Crippen molar-refractivity contribution in [2.45, 2.75) is 63.0 Å². The predicted octanol–water partition coefficient (Wildman–Crippen LogP) is 1.96. The van der Waals surface area contributed by atoms with Crippen molar-refractivity contribution >= 4 is 29.5 Å². The number of nitrogens with two attached hydrogens (primary N) is 1. The number of carboxylic acids is 1. The lowest BCUT2D eigenvalue weighted by molar-refractivity contribution is -0.145. The third-order valence-corrected chi connectivity index (χ3v) is 7.80. The van der Waals surface area contributed by atoms with Gasteiger partial charge in [0.05, 0.1) is 0 Å². The quantitative estimate of drug-likeness (QED) is 0.418. The third-order valence-electron chi connectivity index (χ3n) is 6.60. The van der Waals surface area contributed by atoms with Gasteiger partial charge >= 0.3 is 5.97 Å². The minimum absolute atomic E-state index is 0.0342. The number of hydrogen-bond donors (Lipinski definition) is 3. The van der Waals surface area contributed by atoms with Crippen LogP contribution in [-0.2, 0) is 20.8 Å². The Kier molecular flexibility index (Phi) is 9.65. The van der Waals surface area contributed by atoms with Crippen LogP contribution in [-0.4, -0.2) is 81.6 Å². The van der Waals surface area contributed by atoms with Crippen LogP contribution in [0.5, 0.6) is 0 Å².